The summed E-state index contributed by atoms with van der Waals surface area (Å²) in [5, 5.41) is 18.6. The van der Waals surface area contributed by atoms with Gasteiger partial charge in [0.25, 0.3) is 0 Å². The monoisotopic (exact) mass is 229 g/mol. The standard InChI is InChI=1S/C13H27NO2/c1-13(10-15,11-16)9-14(2)12-7-5-3-4-6-8-12/h12,15-16H,3-11H2,1-2H3. The Balaban J connectivity index is 2.45. The van der Waals surface area contributed by atoms with Crippen LogP contribution in [0.25, 0.3) is 0 Å². The van der Waals surface area contributed by atoms with Crippen LogP contribution in [-0.2, 0) is 0 Å². The van der Waals surface area contributed by atoms with Crippen molar-refractivity contribution in [2.24, 2.45) is 5.41 Å². The van der Waals surface area contributed by atoms with Crippen LogP contribution in [0.1, 0.15) is 45.4 Å². The predicted molar refractivity (Wildman–Crippen MR) is 66.4 cm³/mol. The molecule has 1 aliphatic carbocycles. The molecule has 0 radical (unpaired) electrons. The molecule has 1 saturated carbocycles. The quantitative estimate of drug-likeness (QED) is 0.704. The van der Waals surface area contributed by atoms with E-state index in [9.17, 15) is 10.2 Å². The van der Waals surface area contributed by atoms with Gasteiger partial charge in [-0.1, -0.05) is 32.6 Å². The van der Waals surface area contributed by atoms with Crippen molar-refractivity contribution in [1.29, 1.82) is 0 Å². The van der Waals surface area contributed by atoms with Crippen molar-refractivity contribution in [3.8, 4) is 0 Å². The first-order chi connectivity index (χ1) is 7.61. The average Bonchev–Trinajstić information content (AvgIpc) is 2.57. The highest BCUT2D eigenvalue weighted by Gasteiger charge is 2.27. The molecule has 16 heavy (non-hydrogen) atoms. The number of aliphatic hydroxyl groups is 2. The molecule has 0 aliphatic heterocycles. The molecule has 0 saturated heterocycles. The van der Waals surface area contributed by atoms with Crippen molar-refractivity contribution in [2.45, 2.75) is 51.5 Å². The van der Waals surface area contributed by atoms with Gasteiger partial charge in [-0.05, 0) is 19.9 Å². The maximum absolute atomic E-state index is 9.30. The van der Waals surface area contributed by atoms with Gasteiger partial charge in [-0.15, -0.1) is 0 Å². The zero-order valence-electron chi connectivity index (χ0n) is 10.8. The highest BCUT2D eigenvalue weighted by Crippen LogP contribution is 2.24. The van der Waals surface area contributed by atoms with E-state index < -0.39 is 0 Å². The molecule has 0 heterocycles. The molecule has 1 aliphatic rings. The Labute approximate surface area is 99.5 Å². The molecule has 0 unspecified atom stereocenters. The van der Waals surface area contributed by atoms with Gasteiger partial charge in [0.15, 0.2) is 0 Å². The zero-order chi connectivity index (χ0) is 12.0. The van der Waals surface area contributed by atoms with E-state index in [1.54, 1.807) is 0 Å². The third kappa shape index (κ3) is 4.04. The minimum Gasteiger partial charge on any atom is -0.396 e. The molecule has 0 amide bonds. The fourth-order valence-electron chi connectivity index (χ4n) is 2.58. The van der Waals surface area contributed by atoms with Gasteiger partial charge in [0.05, 0.1) is 13.2 Å². The van der Waals surface area contributed by atoms with E-state index in [0.29, 0.717) is 6.04 Å². The number of nitrogens with zero attached hydrogens (tertiary/aromatic N) is 1. The van der Waals surface area contributed by atoms with Crippen LogP contribution < -0.4 is 0 Å². The molecule has 1 fully saturated rings. The van der Waals surface area contributed by atoms with E-state index in [-0.39, 0.29) is 18.6 Å². The SMILES string of the molecule is CN(CC(C)(CO)CO)C1CCCCCC1. The highest BCUT2D eigenvalue weighted by atomic mass is 16.3. The molecule has 3 nitrogen and oxygen atoms in total. The lowest BCUT2D eigenvalue weighted by Gasteiger charge is -2.35. The molecular weight excluding hydrogens is 202 g/mol. The van der Waals surface area contributed by atoms with Crippen LogP contribution >= 0.6 is 0 Å². The summed E-state index contributed by atoms with van der Waals surface area (Å²) in [6, 6.07) is 0.639. The van der Waals surface area contributed by atoms with Crippen molar-refractivity contribution >= 4 is 0 Å². The van der Waals surface area contributed by atoms with Crippen LogP contribution in [0.2, 0.25) is 0 Å². The van der Waals surface area contributed by atoms with Crippen LogP contribution in [-0.4, -0.2) is 48.0 Å². The molecule has 0 aromatic carbocycles. The van der Waals surface area contributed by atoms with Crippen LogP contribution in [0.15, 0.2) is 0 Å². The van der Waals surface area contributed by atoms with Gasteiger partial charge in [-0.3, -0.25) is 0 Å². The Morgan fingerprint density at radius 1 is 1.06 bits per heavy atom. The first kappa shape index (κ1) is 13.9. The van der Waals surface area contributed by atoms with E-state index in [1.807, 2.05) is 6.92 Å². The lowest BCUT2D eigenvalue weighted by Crippen LogP contribution is -2.43. The van der Waals surface area contributed by atoms with Gasteiger partial charge >= 0.3 is 0 Å². The maximum atomic E-state index is 9.30. The molecule has 0 spiro atoms. The van der Waals surface area contributed by atoms with E-state index in [2.05, 4.69) is 11.9 Å². The summed E-state index contributed by atoms with van der Waals surface area (Å²) >= 11 is 0. The smallest absolute Gasteiger partial charge is 0.0519 e. The summed E-state index contributed by atoms with van der Waals surface area (Å²) in [5.41, 5.74) is -0.360. The number of hydrogen-bond acceptors (Lipinski definition) is 3. The Bertz CT molecular complexity index is 184. The molecule has 0 aromatic heterocycles. The lowest BCUT2D eigenvalue weighted by molar-refractivity contribution is 0.0288. The van der Waals surface area contributed by atoms with Crippen LogP contribution in [0.4, 0.5) is 0 Å². The van der Waals surface area contributed by atoms with Crippen LogP contribution in [0, 0.1) is 5.41 Å². The lowest BCUT2D eigenvalue weighted by atomic mass is 9.91. The van der Waals surface area contributed by atoms with Crippen molar-refractivity contribution in [1.82, 2.24) is 4.90 Å². The van der Waals surface area contributed by atoms with Gasteiger partial charge in [-0.2, -0.15) is 0 Å². The molecule has 96 valence electrons. The second-order valence-corrected chi connectivity index (χ2v) is 5.69. The summed E-state index contributed by atoms with van der Waals surface area (Å²) in [5.74, 6) is 0. The molecule has 1 rings (SSSR count). The van der Waals surface area contributed by atoms with Crippen molar-refractivity contribution < 1.29 is 10.2 Å². The van der Waals surface area contributed by atoms with Gasteiger partial charge in [-0.25, -0.2) is 0 Å². The molecular formula is C13H27NO2. The molecule has 0 bridgehead atoms. The second-order valence-electron chi connectivity index (χ2n) is 5.69. The van der Waals surface area contributed by atoms with Crippen molar-refractivity contribution in [3.63, 3.8) is 0 Å². The molecule has 3 heteroatoms. The Hall–Kier alpha value is -0.120. The second kappa shape index (κ2) is 6.58. The zero-order valence-corrected chi connectivity index (χ0v) is 10.8. The largest absolute Gasteiger partial charge is 0.396 e. The summed E-state index contributed by atoms with van der Waals surface area (Å²) in [6.07, 6.45) is 7.91. The van der Waals surface area contributed by atoms with E-state index in [0.717, 1.165) is 6.54 Å². The number of hydrogen-bond donors (Lipinski definition) is 2. The average molecular weight is 229 g/mol. The van der Waals surface area contributed by atoms with E-state index in [1.165, 1.54) is 38.5 Å². The molecule has 0 atom stereocenters. The maximum Gasteiger partial charge on any atom is 0.0519 e. The van der Waals surface area contributed by atoms with Gasteiger partial charge in [0, 0.05) is 18.0 Å². The summed E-state index contributed by atoms with van der Waals surface area (Å²) < 4.78 is 0. The summed E-state index contributed by atoms with van der Waals surface area (Å²) in [6.45, 7) is 2.84. The van der Waals surface area contributed by atoms with Crippen molar-refractivity contribution in [3.05, 3.63) is 0 Å². The number of rotatable bonds is 5. The summed E-state index contributed by atoms with van der Waals surface area (Å²) in [7, 11) is 2.12. The predicted octanol–water partition coefficient (Wildman–Crippen LogP) is 1.63. The third-order valence-corrected chi connectivity index (χ3v) is 3.84. The minimum atomic E-state index is -0.360. The minimum absolute atomic E-state index is 0.0561. The fraction of sp³-hybridized carbons (Fsp3) is 1.00. The Morgan fingerprint density at radius 2 is 1.56 bits per heavy atom. The first-order valence-corrected chi connectivity index (χ1v) is 6.53. The normalized spacial score (nSPS) is 20.1. The molecule has 2 N–H and O–H groups in total. The number of aliphatic hydroxyl groups excluding tert-OH is 2. The van der Waals surface area contributed by atoms with E-state index in [4.69, 9.17) is 0 Å². The third-order valence-electron chi connectivity index (χ3n) is 3.84. The topological polar surface area (TPSA) is 43.7 Å². The highest BCUT2D eigenvalue weighted by molar-refractivity contribution is 4.80. The fourth-order valence-corrected chi connectivity index (χ4v) is 2.58. The van der Waals surface area contributed by atoms with Crippen molar-refractivity contribution in [2.75, 3.05) is 26.8 Å². The summed E-state index contributed by atoms with van der Waals surface area (Å²) in [4.78, 5) is 2.33. The van der Waals surface area contributed by atoms with Crippen LogP contribution in [0.5, 0.6) is 0 Å². The van der Waals surface area contributed by atoms with Gasteiger partial charge in [0.2, 0.25) is 0 Å². The Kier molecular flexibility index (Phi) is 5.73. The van der Waals surface area contributed by atoms with Gasteiger partial charge < -0.3 is 15.1 Å². The van der Waals surface area contributed by atoms with Gasteiger partial charge in [0.1, 0.15) is 0 Å². The molecule has 0 aromatic rings. The Morgan fingerprint density at radius 3 is 2.00 bits per heavy atom. The first-order valence-electron chi connectivity index (χ1n) is 6.53. The van der Waals surface area contributed by atoms with Crippen LogP contribution in [0.3, 0.4) is 0 Å². The van der Waals surface area contributed by atoms with E-state index >= 15 is 0 Å².